The summed E-state index contributed by atoms with van der Waals surface area (Å²) in [6.07, 6.45) is 19.2. The molecule has 1 rings (SSSR count). The first-order valence-corrected chi connectivity index (χ1v) is 8.78. The summed E-state index contributed by atoms with van der Waals surface area (Å²) in [7, 11) is 0. The van der Waals surface area contributed by atoms with E-state index in [-0.39, 0.29) is 0 Å². The molecule has 0 heteroatoms. The van der Waals surface area contributed by atoms with Gasteiger partial charge in [0.05, 0.1) is 0 Å². The van der Waals surface area contributed by atoms with Crippen LogP contribution in [-0.4, -0.2) is 0 Å². The molecular weight excluding hydrogens is 252 g/mol. The monoisotopic (exact) mass is 286 g/mol. The average molecular weight is 287 g/mol. The highest BCUT2D eigenvalue weighted by molar-refractivity contribution is 5.41. The van der Waals surface area contributed by atoms with Crippen LogP contribution in [0.5, 0.6) is 0 Å². The Bertz CT molecular complexity index is 394. The zero-order valence-corrected chi connectivity index (χ0v) is 14.6. The van der Waals surface area contributed by atoms with Crippen LogP contribution in [0.1, 0.15) is 66.2 Å². The minimum absolute atomic E-state index is 0.630. The Morgan fingerprint density at radius 2 is 2.19 bits per heavy atom. The van der Waals surface area contributed by atoms with Gasteiger partial charge >= 0.3 is 0 Å². The molecule has 0 amide bonds. The van der Waals surface area contributed by atoms with Gasteiger partial charge in [-0.25, -0.2) is 0 Å². The molecule has 3 unspecified atom stereocenters. The minimum atomic E-state index is 0.630. The Kier molecular flexibility index (Phi) is 8.42. The molecule has 0 saturated heterocycles. The molecule has 0 bridgehead atoms. The lowest BCUT2D eigenvalue weighted by Gasteiger charge is -2.23. The third kappa shape index (κ3) is 6.08. The van der Waals surface area contributed by atoms with Crippen molar-refractivity contribution in [1.29, 1.82) is 0 Å². The molecular formula is C21H34. The van der Waals surface area contributed by atoms with Crippen molar-refractivity contribution in [2.24, 2.45) is 17.8 Å². The van der Waals surface area contributed by atoms with E-state index >= 15 is 0 Å². The quantitative estimate of drug-likeness (QED) is 0.406. The first-order chi connectivity index (χ1) is 10.1. The molecule has 118 valence electrons. The van der Waals surface area contributed by atoms with Crippen molar-refractivity contribution < 1.29 is 0 Å². The number of unbranched alkanes of at least 4 members (excludes halogenated alkanes) is 1. The molecule has 1 aliphatic rings. The van der Waals surface area contributed by atoms with E-state index < -0.39 is 0 Å². The molecule has 0 N–H and O–H groups in total. The Morgan fingerprint density at radius 1 is 1.43 bits per heavy atom. The van der Waals surface area contributed by atoms with E-state index in [4.69, 9.17) is 0 Å². The van der Waals surface area contributed by atoms with Crippen LogP contribution in [0, 0.1) is 17.8 Å². The first-order valence-electron chi connectivity index (χ1n) is 8.78. The third-order valence-corrected chi connectivity index (χ3v) is 4.86. The van der Waals surface area contributed by atoms with Crippen LogP contribution >= 0.6 is 0 Å². The molecule has 0 nitrogen and oxygen atoms in total. The zero-order chi connectivity index (χ0) is 15.7. The van der Waals surface area contributed by atoms with Gasteiger partial charge in [0.25, 0.3) is 0 Å². The molecule has 0 saturated carbocycles. The lowest BCUT2D eigenvalue weighted by Crippen LogP contribution is -2.10. The van der Waals surface area contributed by atoms with Gasteiger partial charge < -0.3 is 0 Å². The van der Waals surface area contributed by atoms with Gasteiger partial charge in [-0.15, -0.1) is 6.58 Å². The number of rotatable bonds is 9. The summed E-state index contributed by atoms with van der Waals surface area (Å²) in [5, 5.41) is 0. The number of hydrogen-bond acceptors (Lipinski definition) is 0. The molecule has 0 radical (unpaired) electrons. The standard InChI is InChI=1S/C21H34/c1-6-9-10-20(18(5)7-2)16-15-19(8-3)21-13-11-17(4)12-14-21/h7-8,11,13-14,17-18,20H,2,6,9-10,12,15-16H2,1,3-5H3. The molecule has 3 atom stereocenters. The largest absolute Gasteiger partial charge is 0.103 e. The maximum atomic E-state index is 4.00. The normalized spacial score (nSPS) is 21.8. The van der Waals surface area contributed by atoms with Gasteiger partial charge in [0.15, 0.2) is 0 Å². The van der Waals surface area contributed by atoms with E-state index in [0.717, 1.165) is 5.92 Å². The molecule has 1 aliphatic carbocycles. The Labute approximate surface area is 132 Å². The van der Waals surface area contributed by atoms with Crippen LogP contribution in [0.2, 0.25) is 0 Å². The fraction of sp³-hybridized carbons (Fsp3) is 0.619. The second-order valence-corrected chi connectivity index (χ2v) is 6.58. The molecule has 21 heavy (non-hydrogen) atoms. The van der Waals surface area contributed by atoms with E-state index in [9.17, 15) is 0 Å². The van der Waals surface area contributed by atoms with Gasteiger partial charge in [-0.05, 0) is 61.5 Å². The second kappa shape index (κ2) is 9.82. The van der Waals surface area contributed by atoms with Crippen LogP contribution in [0.3, 0.4) is 0 Å². The predicted octanol–water partition coefficient (Wildman–Crippen LogP) is 6.86. The third-order valence-electron chi connectivity index (χ3n) is 4.86. The summed E-state index contributed by atoms with van der Waals surface area (Å²) in [5.74, 6) is 2.11. The van der Waals surface area contributed by atoms with Crippen molar-refractivity contribution in [1.82, 2.24) is 0 Å². The fourth-order valence-electron chi connectivity index (χ4n) is 3.09. The lowest BCUT2D eigenvalue weighted by molar-refractivity contribution is 0.356. The van der Waals surface area contributed by atoms with Crippen molar-refractivity contribution in [2.75, 3.05) is 0 Å². The summed E-state index contributed by atoms with van der Waals surface area (Å²) in [5.41, 5.74) is 2.98. The highest BCUT2D eigenvalue weighted by Gasteiger charge is 2.16. The molecule has 0 aromatic carbocycles. The molecule has 0 spiro atoms. The minimum Gasteiger partial charge on any atom is -0.103 e. The SMILES string of the molecule is C=CC(C)C(CCCC)CCC(=CC)C1=CCC(C)C=C1. The van der Waals surface area contributed by atoms with Crippen LogP contribution in [0.25, 0.3) is 0 Å². The topological polar surface area (TPSA) is 0 Å². The van der Waals surface area contributed by atoms with Crippen LogP contribution in [0.4, 0.5) is 0 Å². The van der Waals surface area contributed by atoms with E-state index in [1.807, 2.05) is 0 Å². The van der Waals surface area contributed by atoms with Crippen molar-refractivity contribution in [3.05, 3.63) is 48.1 Å². The molecule has 0 fully saturated rings. The summed E-state index contributed by atoms with van der Waals surface area (Å²) >= 11 is 0. The molecule has 0 aromatic heterocycles. The van der Waals surface area contributed by atoms with Crippen LogP contribution in [-0.2, 0) is 0 Å². The highest BCUT2D eigenvalue weighted by atomic mass is 14.2. The summed E-state index contributed by atoms with van der Waals surface area (Å²) < 4.78 is 0. The fourth-order valence-corrected chi connectivity index (χ4v) is 3.09. The number of hydrogen-bond donors (Lipinski definition) is 0. The lowest BCUT2D eigenvalue weighted by atomic mass is 9.83. The van der Waals surface area contributed by atoms with Gasteiger partial charge in [0.2, 0.25) is 0 Å². The van der Waals surface area contributed by atoms with Gasteiger partial charge in [0, 0.05) is 0 Å². The molecule has 0 heterocycles. The van der Waals surface area contributed by atoms with Crippen LogP contribution in [0.15, 0.2) is 48.1 Å². The summed E-state index contributed by atoms with van der Waals surface area (Å²) in [6, 6.07) is 0. The van der Waals surface area contributed by atoms with Crippen molar-refractivity contribution in [2.45, 2.75) is 66.2 Å². The zero-order valence-electron chi connectivity index (χ0n) is 14.6. The van der Waals surface area contributed by atoms with E-state index in [2.05, 4.69) is 64.7 Å². The van der Waals surface area contributed by atoms with Crippen molar-refractivity contribution >= 4 is 0 Å². The van der Waals surface area contributed by atoms with E-state index in [1.165, 1.54) is 49.7 Å². The van der Waals surface area contributed by atoms with Crippen molar-refractivity contribution in [3.63, 3.8) is 0 Å². The first kappa shape index (κ1) is 18.0. The maximum Gasteiger partial charge on any atom is -0.0224 e. The highest BCUT2D eigenvalue weighted by Crippen LogP contribution is 2.30. The van der Waals surface area contributed by atoms with E-state index in [1.54, 1.807) is 0 Å². The van der Waals surface area contributed by atoms with Gasteiger partial charge in [-0.1, -0.05) is 64.0 Å². The van der Waals surface area contributed by atoms with Crippen LogP contribution < -0.4 is 0 Å². The Morgan fingerprint density at radius 3 is 2.71 bits per heavy atom. The summed E-state index contributed by atoms with van der Waals surface area (Å²) in [4.78, 5) is 0. The Balaban J connectivity index is 2.60. The molecule has 0 aromatic rings. The number of allylic oxidation sites excluding steroid dienone is 7. The van der Waals surface area contributed by atoms with Crippen molar-refractivity contribution in [3.8, 4) is 0 Å². The maximum absolute atomic E-state index is 4.00. The predicted molar refractivity (Wildman–Crippen MR) is 96.4 cm³/mol. The summed E-state index contributed by atoms with van der Waals surface area (Å²) in [6.45, 7) is 13.1. The smallest absolute Gasteiger partial charge is 0.0224 e. The van der Waals surface area contributed by atoms with Gasteiger partial charge in [-0.2, -0.15) is 0 Å². The van der Waals surface area contributed by atoms with Gasteiger partial charge in [0.1, 0.15) is 0 Å². The van der Waals surface area contributed by atoms with Gasteiger partial charge in [-0.3, -0.25) is 0 Å². The average Bonchev–Trinajstić information content (AvgIpc) is 2.51. The van der Waals surface area contributed by atoms with E-state index in [0.29, 0.717) is 11.8 Å². The second-order valence-electron chi connectivity index (χ2n) is 6.58. The molecule has 0 aliphatic heterocycles. The Hall–Kier alpha value is -1.04.